The highest BCUT2D eigenvalue weighted by Crippen LogP contribution is 2.58. The quantitative estimate of drug-likeness (QED) is 0.203. The fraction of sp³-hybridized carbons (Fsp3) is 0.941. The van der Waals surface area contributed by atoms with Crippen LogP contribution in [0, 0.1) is 0 Å². The summed E-state index contributed by atoms with van der Waals surface area (Å²) in [6.07, 6.45) is -0.119. The van der Waals surface area contributed by atoms with Crippen molar-refractivity contribution in [2.45, 2.75) is 94.3 Å². The van der Waals surface area contributed by atoms with Gasteiger partial charge in [0.1, 0.15) is 0 Å². The second-order valence-electron chi connectivity index (χ2n) is 6.95. The highest BCUT2D eigenvalue weighted by Gasteiger charge is 2.89. The average molecular weight is 485 g/mol. The van der Waals surface area contributed by atoms with E-state index in [4.69, 9.17) is 0 Å². The number of carbonyl (C=O) groups excluding carboxylic acids is 1. The molecule has 0 spiro atoms. The highest BCUT2D eigenvalue weighted by atomic mass is 19.4. The van der Waals surface area contributed by atoms with Crippen molar-refractivity contribution in [3.8, 4) is 0 Å². The Morgan fingerprint density at radius 2 is 1.10 bits per heavy atom. The minimum atomic E-state index is -7.70. The molecule has 0 fully saturated rings. The van der Waals surface area contributed by atoms with Crippen molar-refractivity contribution in [1.82, 2.24) is 5.32 Å². The summed E-state index contributed by atoms with van der Waals surface area (Å²) in [4.78, 5) is 11.2. The highest BCUT2D eigenvalue weighted by molar-refractivity contribution is 5.84. The van der Waals surface area contributed by atoms with Crippen LogP contribution in [0.4, 0.5) is 52.7 Å². The van der Waals surface area contributed by atoms with Crippen LogP contribution in [0.25, 0.3) is 0 Å². The lowest BCUT2D eigenvalue weighted by atomic mass is 9.94. The van der Waals surface area contributed by atoms with Gasteiger partial charge in [0, 0.05) is 6.54 Å². The zero-order chi connectivity index (χ0) is 24.7. The van der Waals surface area contributed by atoms with E-state index >= 15 is 0 Å². The standard InChI is InChI=1S/C17H23F12NO/c1-2-3-4-5-6-7-8-9-10-30-12(31)14(22,23)16(26,27)17(28,29)15(24,25)13(20,21)11(18)19/h11H,2-10H2,1H3,(H,30,31). The number of hydrogen-bond donors (Lipinski definition) is 1. The second-order valence-corrected chi connectivity index (χ2v) is 6.95. The van der Waals surface area contributed by atoms with E-state index in [1.807, 2.05) is 6.92 Å². The molecular weight excluding hydrogens is 462 g/mol. The van der Waals surface area contributed by atoms with Gasteiger partial charge in [-0.25, -0.2) is 8.78 Å². The Morgan fingerprint density at radius 3 is 1.52 bits per heavy atom. The van der Waals surface area contributed by atoms with Gasteiger partial charge in [-0.2, -0.15) is 43.9 Å². The first-order valence-electron chi connectivity index (χ1n) is 9.38. The maximum Gasteiger partial charge on any atom is 0.392 e. The minimum absolute atomic E-state index is 0.0445. The van der Waals surface area contributed by atoms with E-state index in [9.17, 15) is 57.5 Å². The number of unbranched alkanes of at least 4 members (excludes halogenated alkanes) is 7. The van der Waals surface area contributed by atoms with Crippen molar-refractivity contribution in [2.75, 3.05) is 6.54 Å². The number of alkyl halides is 12. The molecule has 186 valence electrons. The fourth-order valence-electron chi connectivity index (χ4n) is 2.46. The van der Waals surface area contributed by atoms with Crippen molar-refractivity contribution in [3.05, 3.63) is 0 Å². The van der Waals surface area contributed by atoms with E-state index in [1.165, 1.54) is 0 Å². The number of nitrogens with one attached hydrogen (secondary N) is 1. The molecule has 31 heavy (non-hydrogen) atoms. The van der Waals surface area contributed by atoms with E-state index in [0.717, 1.165) is 37.4 Å². The van der Waals surface area contributed by atoms with Gasteiger partial charge < -0.3 is 5.32 Å². The maximum absolute atomic E-state index is 13.6. The molecular formula is C17H23F12NO. The van der Waals surface area contributed by atoms with Crippen LogP contribution in [-0.4, -0.2) is 48.5 Å². The molecule has 2 nitrogen and oxygen atoms in total. The first-order valence-corrected chi connectivity index (χ1v) is 9.38. The summed E-state index contributed by atoms with van der Waals surface area (Å²) < 4.78 is 156. The number of hydrogen-bond acceptors (Lipinski definition) is 1. The van der Waals surface area contributed by atoms with Crippen LogP contribution in [0.5, 0.6) is 0 Å². The molecule has 0 bridgehead atoms. The van der Waals surface area contributed by atoms with Gasteiger partial charge in [0.25, 0.3) is 5.91 Å². The molecule has 0 aliphatic rings. The van der Waals surface area contributed by atoms with Crippen LogP contribution in [0.3, 0.4) is 0 Å². The lowest BCUT2D eigenvalue weighted by molar-refractivity contribution is -0.407. The molecule has 14 heteroatoms. The van der Waals surface area contributed by atoms with Crippen LogP contribution in [0.15, 0.2) is 0 Å². The third-order valence-electron chi connectivity index (χ3n) is 4.48. The van der Waals surface area contributed by atoms with Gasteiger partial charge in [-0.15, -0.1) is 0 Å². The van der Waals surface area contributed by atoms with Gasteiger partial charge in [-0.3, -0.25) is 4.79 Å². The summed E-state index contributed by atoms with van der Waals surface area (Å²) in [5.74, 6) is -39.5. The molecule has 0 aromatic carbocycles. The molecule has 0 heterocycles. The largest absolute Gasteiger partial charge is 0.392 e. The van der Waals surface area contributed by atoms with Gasteiger partial charge in [0.15, 0.2) is 0 Å². The van der Waals surface area contributed by atoms with Gasteiger partial charge in [0.2, 0.25) is 0 Å². The summed E-state index contributed by atoms with van der Waals surface area (Å²) in [7, 11) is 0. The van der Waals surface area contributed by atoms with Crippen LogP contribution in [0.1, 0.15) is 58.3 Å². The van der Waals surface area contributed by atoms with Gasteiger partial charge in [0.05, 0.1) is 0 Å². The van der Waals surface area contributed by atoms with Gasteiger partial charge in [-0.1, -0.05) is 51.9 Å². The number of amides is 1. The molecule has 1 N–H and O–H groups in total. The number of halogens is 12. The Morgan fingerprint density at radius 1 is 0.677 bits per heavy atom. The van der Waals surface area contributed by atoms with Crippen LogP contribution in [0.2, 0.25) is 0 Å². The van der Waals surface area contributed by atoms with E-state index < -0.39 is 48.5 Å². The smallest absolute Gasteiger partial charge is 0.351 e. The number of carbonyl (C=O) groups is 1. The zero-order valence-corrected chi connectivity index (χ0v) is 16.4. The molecule has 1 amide bonds. The summed E-state index contributed by atoms with van der Waals surface area (Å²) in [6.45, 7) is 1.28. The molecule has 0 unspecified atom stereocenters. The molecule has 0 rings (SSSR count). The Labute approximate surface area is 170 Å². The SMILES string of the molecule is CCCCCCCCCCNC(=O)C(F)(F)C(F)(F)C(F)(F)C(F)(F)C(F)(F)C(F)F. The maximum atomic E-state index is 13.6. The van der Waals surface area contributed by atoms with Crippen molar-refractivity contribution >= 4 is 5.91 Å². The van der Waals surface area contributed by atoms with E-state index in [1.54, 1.807) is 0 Å². The van der Waals surface area contributed by atoms with Crippen molar-refractivity contribution in [3.63, 3.8) is 0 Å². The van der Waals surface area contributed by atoms with Crippen molar-refractivity contribution < 1.29 is 57.5 Å². The first kappa shape index (κ1) is 29.6. The Hall–Kier alpha value is -1.37. The molecule has 0 aromatic rings. The summed E-state index contributed by atoms with van der Waals surface area (Å²) in [5.41, 5.74) is 0. The predicted octanol–water partition coefficient (Wildman–Crippen LogP) is 6.68. The van der Waals surface area contributed by atoms with Crippen molar-refractivity contribution in [1.29, 1.82) is 0 Å². The normalized spacial score (nSPS) is 14.3. The van der Waals surface area contributed by atoms with E-state index in [2.05, 4.69) is 0 Å². The average Bonchev–Trinajstić information content (AvgIpc) is 2.65. The summed E-state index contributed by atoms with van der Waals surface area (Å²) >= 11 is 0. The zero-order valence-electron chi connectivity index (χ0n) is 16.4. The van der Waals surface area contributed by atoms with Gasteiger partial charge >= 0.3 is 36.0 Å². The molecule has 0 saturated carbocycles. The second kappa shape index (κ2) is 11.0. The van der Waals surface area contributed by atoms with Crippen LogP contribution < -0.4 is 5.32 Å². The number of rotatable bonds is 15. The monoisotopic (exact) mass is 485 g/mol. The molecule has 0 saturated heterocycles. The molecule has 0 aliphatic heterocycles. The minimum Gasteiger partial charge on any atom is -0.351 e. The Balaban J connectivity index is 5.08. The molecule has 0 aliphatic carbocycles. The lowest BCUT2D eigenvalue weighted by Crippen LogP contribution is -2.70. The summed E-state index contributed by atoms with van der Waals surface area (Å²) in [6, 6.07) is 0. The molecule has 0 atom stereocenters. The molecule has 0 radical (unpaired) electrons. The fourth-order valence-corrected chi connectivity index (χ4v) is 2.46. The van der Waals surface area contributed by atoms with Crippen molar-refractivity contribution in [2.24, 2.45) is 0 Å². The van der Waals surface area contributed by atoms with Crippen LogP contribution in [-0.2, 0) is 4.79 Å². The van der Waals surface area contributed by atoms with Crippen LogP contribution >= 0.6 is 0 Å². The summed E-state index contributed by atoms with van der Waals surface area (Å²) in [5, 5.41) is 1.14. The van der Waals surface area contributed by atoms with Gasteiger partial charge in [-0.05, 0) is 6.42 Å². The Bertz CT molecular complexity index is 565. The molecule has 0 aromatic heterocycles. The Kier molecular flexibility index (Phi) is 10.5. The third kappa shape index (κ3) is 6.11. The van der Waals surface area contributed by atoms with E-state index in [0.29, 0.717) is 12.8 Å². The third-order valence-corrected chi connectivity index (χ3v) is 4.48. The topological polar surface area (TPSA) is 29.1 Å². The lowest BCUT2D eigenvalue weighted by Gasteiger charge is -2.38. The predicted molar refractivity (Wildman–Crippen MR) is 86.4 cm³/mol. The first-order chi connectivity index (χ1) is 13.9. The van der Waals surface area contributed by atoms with E-state index in [-0.39, 0.29) is 6.42 Å².